The third-order valence-electron chi connectivity index (χ3n) is 4.76. The number of hydrogen-bond acceptors (Lipinski definition) is 2. The van der Waals surface area contributed by atoms with Crippen molar-refractivity contribution in [2.75, 3.05) is 13.7 Å². The van der Waals surface area contributed by atoms with Crippen molar-refractivity contribution in [3.63, 3.8) is 0 Å². The van der Waals surface area contributed by atoms with Gasteiger partial charge in [-0.05, 0) is 68.1 Å². The van der Waals surface area contributed by atoms with Crippen molar-refractivity contribution in [1.82, 2.24) is 0 Å². The van der Waals surface area contributed by atoms with E-state index in [9.17, 15) is 0 Å². The number of fused-ring (bicyclic) bond motifs is 1. The maximum Gasteiger partial charge on any atom is 0.118 e. The SMILES string of the molecule is COc1ccc(CCCC2C[C@H]3CCCO[C@@H]23)cc1. The van der Waals surface area contributed by atoms with Crippen molar-refractivity contribution in [3.05, 3.63) is 29.8 Å². The van der Waals surface area contributed by atoms with Crippen molar-refractivity contribution >= 4 is 0 Å². The maximum absolute atomic E-state index is 5.91. The lowest BCUT2D eigenvalue weighted by atomic mass is 9.67. The highest BCUT2D eigenvalue weighted by atomic mass is 16.5. The lowest BCUT2D eigenvalue weighted by molar-refractivity contribution is -0.129. The molecule has 0 radical (unpaired) electrons. The first-order valence-corrected chi connectivity index (χ1v) is 7.61. The van der Waals surface area contributed by atoms with Crippen LogP contribution in [0.4, 0.5) is 0 Å². The van der Waals surface area contributed by atoms with Gasteiger partial charge in [-0.2, -0.15) is 0 Å². The van der Waals surface area contributed by atoms with Crippen LogP contribution in [0, 0.1) is 11.8 Å². The van der Waals surface area contributed by atoms with Gasteiger partial charge in [0.1, 0.15) is 5.75 Å². The van der Waals surface area contributed by atoms with E-state index in [1.165, 1.54) is 44.1 Å². The van der Waals surface area contributed by atoms with Crippen LogP contribution in [0.25, 0.3) is 0 Å². The van der Waals surface area contributed by atoms with Gasteiger partial charge in [0.05, 0.1) is 13.2 Å². The van der Waals surface area contributed by atoms with E-state index in [1.807, 2.05) is 0 Å². The normalized spacial score (nSPS) is 29.4. The molecule has 1 heterocycles. The zero-order valence-corrected chi connectivity index (χ0v) is 11.8. The van der Waals surface area contributed by atoms with Crippen LogP contribution in [0.5, 0.6) is 5.75 Å². The Labute approximate surface area is 116 Å². The molecule has 2 heteroatoms. The van der Waals surface area contributed by atoms with Gasteiger partial charge in [-0.25, -0.2) is 0 Å². The number of benzene rings is 1. The Morgan fingerprint density at radius 2 is 2.11 bits per heavy atom. The van der Waals surface area contributed by atoms with Crippen LogP contribution in [0.2, 0.25) is 0 Å². The molecule has 104 valence electrons. The topological polar surface area (TPSA) is 18.5 Å². The lowest BCUT2D eigenvalue weighted by Crippen LogP contribution is -2.46. The monoisotopic (exact) mass is 260 g/mol. The van der Waals surface area contributed by atoms with E-state index in [2.05, 4.69) is 24.3 Å². The summed E-state index contributed by atoms with van der Waals surface area (Å²) in [5.41, 5.74) is 1.42. The largest absolute Gasteiger partial charge is 0.497 e. The summed E-state index contributed by atoms with van der Waals surface area (Å²) in [5, 5.41) is 0. The quantitative estimate of drug-likeness (QED) is 0.801. The minimum atomic E-state index is 0.601. The molecular formula is C17H24O2. The van der Waals surface area contributed by atoms with Crippen LogP contribution in [-0.2, 0) is 11.2 Å². The van der Waals surface area contributed by atoms with Gasteiger partial charge in [0, 0.05) is 6.61 Å². The average molecular weight is 260 g/mol. The molecule has 0 spiro atoms. The fraction of sp³-hybridized carbons (Fsp3) is 0.647. The molecule has 3 rings (SSSR count). The molecule has 0 aromatic heterocycles. The maximum atomic E-state index is 5.91. The van der Waals surface area contributed by atoms with Gasteiger partial charge in [-0.1, -0.05) is 12.1 Å². The molecule has 0 N–H and O–H groups in total. The Morgan fingerprint density at radius 1 is 1.26 bits per heavy atom. The fourth-order valence-electron chi connectivity index (χ4n) is 3.61. The van der Waals surface area contributed by atoms with Gasteiger partial charge in [0.15, 0.2) is 0 Å². The van der Waals surface area contributed by atoms with Crippen molar-refractivity contribution in [1.29, 1.82) is 0 Å². The van der Waals surface area contributed by atoms with Crippen molar-refractivity contribution in [3.8, 4) is 5.75 Å². The number of aryl methyl sites for hydroxylation is 1. The smallest absolute Gasteiger partial charge is 0.118 e. The highest BCUT2D eigenvalue weighted by Crippen LogP contribution is 2.44. The highest BCUT2D eigenvalue weighted by molar-refractivity contribution is 5.27. The Hall–Kier alpha value is -1.02. The number of hydrogen-bond donors (Lipinski definition) is 0. The zero-order valence-electron chi connectivity index (χ0n) is 11.8. The van der Waals surface area contributed by atoms with Crippen LogP contribution in [0.15, 0.2) is 24.3 Å². The second kappa shape index (κ2) is 5.96. The lowest BCUT2D eigenvalue weighted by Gasteiger charge is -2.47. The minimum absolute atomic E-state index is 0.601. The molecule has 0 amide bonds. The van der Waals surface area contributed by atoms with Crippen molar-refractivity contribution in [2.24, 2.45) is 11.8 Å². The predicted octanol–water partition coefficient (Wildman–Crippen LogP) is 3.83. The summed E-state index contributed by atoms with van der Waals surface area (Å²) in [4.78, 5) is 0. The minimum Gasteiger partial charge on any atom is -0.497 e. The second-order valence-corrected chi connectivity index (χ2v) is 5.97. The van der Waals surface area contributed by atoms with E-state index < -0.39 is 0 Å². The molecule has 2 fully saturated rings. The van der Waals surface area contributed by atoms with Gasteiger partial charge in [-0.3, -0.25) is 0 Å². The standard InChI is InChI=1S/C17H24O2/c1-18-16-9-7-13(8-10-16)4-2-5-14-12-15-6-3-11-19-17(14)15/h7-10,14-15,17H,2-6,11-12H2,1H3/t14?,15-,17+/m1/s1. The summed E-state index contributed by atoms with van der Waals surface area (Å²) in [5.74, 6) is 2.67. The average Bonchev–Trinajstić information content (AvgIpc) is 2.44. The molecule has 1 aromatic rings. The molecule has 1 aliphatic carbocycles. The van der Waals surface area contributed by atoms with Gasteiger partial charge >= 0.3 is 0 Å². The molecule has 1 saturated heterocycles. The van der Waals surface area contributed by atoms with Crippen LogP contribution >= 0.6 is 0 Å². The Bertz CT molecular complexity index is 398. The first-order valence-electron chi connectivity index (χ1n) is 7.61. The number of rotatable bonds is 5. The summed E-state index contributed by atoms with van der Waals surface area (Å²) in [6, 6.07) is 8.47. The molecule has 1 aliphatic heterocycles. The van der Waals surface area contributed by atoms with Crippen LogP contribution in [-0.4, -0.2) is 19.8 Å². The Balaban J connectivity index is 1.40. The number of ether oxygens (including phenoxy) is 2. The van der Waals surface area contributed by atoms with Crippen LogP contribution in [0.3, 0.4) is 0 Å². The van der Waals surface area contributed by atoms with E-state index >= 15 is 0 Å². The third-order valence-corrected chi connectivity index (χ3v) is 4.76. The Kier molecular flexibility index (Phi) is 4.07. The second-order valence-electron chi connectivity index (χ2n) is 5.97. The summed E-state index contributed by atoms with van der Waals surface area (Å²) in [6.07, 6.45) is 8.48. The van der Waals surface area contributed by atoms with Gasteiger partial charge in [-0.15, -0.1) is 0 Å². The van der Waals surface area contributed by atoms with Crippen molar-refractivity contribution < 1.29 is 9.47 Å². The summed E-state index contributed by atoms with van der Waals surface area (Å²) < 4.78 is 11.1. The van der Waals surface area contributed by atoms with E-state index in [0.717, 1.165) is 24.2 Å². The highest BCUT2D eigenvalue weighted by Gasteiger charge is 2.42. The predicted molar refractivity (Wildman–Crippen MR) is 76.5 cm³/mol. The van der Waals surface area contributed by atoms with E-state index in [0.29, 0.717) is 6.10 Å². The van der Waals surface area contributed by atoms with Gasteiger partial charge in [0.25, 0.3) is 0 Å². The number of methoxy groups -OCH3 is 1. The Morgan fingerprint density at radius 3 is 2.84 bits per heavy atom. The van der Waals surface area contributed by atoms with Crippen LogP contribution < -0.4 is 4.74 Å². The van der Waals surface area contributed by atoms with E-state index in [1.54, 1.807) is 7.11 Å². The summed E-state index contributed by atoms with van der Waals surface area (Å²) >= 11 is 0. The van der Waals surface area contributed by atoms with E-state index in [-0.39, 0.29) is 0 Å². The molecule has 1 aromatic carbocycles. The molecule has 1 saturated carbocycles. The molecule has 2 nitrogen and oxygen atoms in total. The summed E-state index contributed by atoms with van der Waals surface area (Å²) in [7, 11) is 1.71. The summed E-state index contributed by atoms with van der Waals surface area (Å²) in [6.45, 7) is 0.996. The molecule has 0 bridgehead atoms. The molecule has 19 heavy (non-hydrogen) atoms. The fourth-order valence-corrected chi connectivity index (χ4v) is 3.61. The van der Waals surface area contributed by atoms with Gasteiger partial charge < -0.3 is 9.47 Å². The first kappa shape index (κ1) is 13.0. The molecule has 3 atom stereocenters. The van der Waals surface area contributed by atoms with Crippen LogP contribution in [0.1, 0.15) is 37.7 Å². The van der Waals surface area contributed by atoms with Gasteiger partial charge in [0.2, 0.25) is 0 Å². The molecular weight excluding hydrogens is 236 g/mol. The third kappa shape index (κ3) is 2.94. The molecule has 1 unspecified atom stereocenters. The van der Waals surface area contributed by atoms with E-state index in [4.69, 9.17) is 9.47 Å². The first-order chi connectivity index (χ1) is 9.36. The molecule has 2 aliphatic rings. The van der Waals surface area contributed by atoms with Crippen molar-refractivity contribution in [2.45, 2.75) is 44.6 Å². The zero-order chi connectivity index (χ0) is 13.1.